The summed E-state index contributed by atoms with van der Waals surface area (Å²) < 4.78 is 40.2. The smallest absolute Gasteiger partial charge is 0.387 e. The van der Waals surface area contributed by atoms with Crippen molar-refractivity contribution in [3.63, 3.8) is 0 Å². The minimum atomic E-state index is -2.90. The zero-order valence-corrected chi connectivity index (χ0v) is 14.8. The molecule has 0 spiro atoms. The van der Waals surface area contributed by atoms with E-state index in [-0.39, 0.29) is 17.1 Å². The molecule has 1 heterocycles. The zero-order valence-electron chi connectivity index (χ0n) is 14.8. The van der Waals surface area contributed by atoms with Crippen LogP contribution in [0.4, 0.5) is 8.78 Å². The summed E-state index contributed by atoms with van der Waals surface area (Å²) in [5, 5.41) is 6.37. The molecule has 25 heavy (non-hydrogen) atoms. The van der Waals surface area contributed by atoms with E-state index < -0.39 is 6.61 Å². The van der Waals surface area contributed by atoms with Gasteiger partial charge >= 0.3 is 6.61 Å². The van der Waals surface area contributed by atoms with Crippen LogP contribution in [0.2, 0.25) is 0 Å². The maximum Gasteiger partial charge on any atom is 0.387 e. The van der Waals surface area contributed by atoms with Crippen LogP contribution in [-0.4, -0.2) is 45.5 Å². The number of guanidine groups is 1. The first kappa shape index (κ1) is 19.2. The molecule has 8 heteroatoms. The van der Waals surface area contributed by atoms with Crippen LogP contribution in [0.1, 0.15) is 25.3 Å². The summed E-state index contributed by atoms with van der Waals surface area (Å²) in [4.78, 5) is 4.16. The lowest BCUT2D eigenvalue weighted by atomic mass is 10.0. The van der Waals surface area contributed by atoms with Gasteiger partial charge in [-0.05, 0) is 37.5 Å². The molecule has 1 atom stereocenters. The molecule has 1 saturated heterocycles. The Morgan fingerprint density at radius 3 is 2.76 bits per heavy atom. The number of hydrogen-bond acceptors (Lipinski definition) is 4. The number of nitrogens with one attached hydrogen (secondary N) is 2. The van der Waals surface area contributed by atoms with Crippen LogP contribution in [0, 0.1) is 0 Å². The highest BCUT2D eigenvalue weighted by atomic mass is 19.3. The first-order valence-corrected chi connectivity index (χ1v) is 8.16. The molecule has 140 valence electrons. The van der Waals surface area contributed by atoms with E-state index in [1.807, 2.05) is 0 Å². The number of benzene rings is 1. The number of alkyl halides is 2. The van der Waals surface area contributed by atoms with Crippen LogP contribution in [0.3, 0.4) is 0 Å². The van der Waals surface area contributed by atoms with Gasteiger partial charge in [-0.25, -0.2) is 0 Å². The highest BCUT2D eigenvalue weighted by Gasteiger charge is 2.29. The minimum absolute atomic E-state index is 0.00612. The van der Waals surface area contributed by atoms with Crippen molar-refractivity contribution < 1.29 is 23.0 Å². The summed E-state index contributed by atoms with van der Waals surface area (Å²) in [5.41, 5.74) is 0.582. The van der Waals surface area contributed by atoms with Crippen molar-refractivity contribution in [3.8, 4) is 11.5 Å². The third-order valence-electron chi connectivity index (χ3n) is 4.06. The van der Waals surface area contributed by atoms with E-state index in [1.54, 1.807) is 19.2 Å². The first-order chi connectivity index (χ1) is 12.0. The molecule has 0 aliphatic carbocycles. The van der Waals surface area contributed by atoms with Gasteiger partial charge in [-0.1, -0.05) is 6.07 Å². The van der Waals surface area contributed by atoms with Crippen LogP contribution in [0.25, 0.3) is 0 Å². The minimum Gasteiger partial charge on any atom is -0.493 e. The second kappa shape index (κ2) is 8.84. The molecule has 2 rings (SSSR count). The van der Waals surface area contributed by atoms with E-state index in [1.165, 1.54) is 13.2 Å². The average Bonchev–Trinajstić information content (AvgIpc) is 3.01. The summed E-state index contributed by atoms with van der Waals surface area (Å²) in [5.74, 6) is 0.883. The van der Waals surface area contributed by atoms with E-state index in [4.69, 9.17) is 9.47 Å². The molecular weight excluding hydrogens is 332 g/mol. The van der Waals surface area contributed by atoms with E-state index in [0.29, 0.717) is 19.0 Å². The standard InChI is InChI=1S/C17H25F2N3O3/c1-17(7-4-8-24-17)11-22-16(20-2)21-10-12-5-6-13(23-3)14(9-12)25-15(18)19/h5-6,9,15H,4,7-8,10-11H2,1-3H3,(H2,20,21,22). The topological polar surface area (TPSA) is 64.1 Å². The Morgan fingerprint density at radius 1 is 1.36 bits per heavy atom. The van der Waals surface area contributed by atoms with E-state index >= 15 is 0 Å². The average molecular weight is 357 g/mol. The number of rotatable bonds is 7. The van der Waals surface area contributed by atoms with Gasteiger partial charge in [0.15, 0.2) is 17.5 Å². The summed E-state index contributed by atoms with van der Waals surface area (Å²) in [6, 6.07) is 4.89. The van der Waals surface area contributed by atoms with Crippen molar-refractivity contribution in [1.29, 1.82) is 0 Å². The van der Waals surface area contributed by atoms with E-state index in [0.717, 1.165) is 25.0 Å². The summed E-state index contributed by atoms with van der Waals surface area (Å²) >= 11 is 0. The summed E-state index contributed by atoms with van der Waals surface area (Å²) in [7, 11) is 3.08. The molecule has 0 aromatic heterocycles. The number of hydrogen-bond donors (Lipinski definition) is 2. The van der Waals surface area contributed by atoms with Crippen molar-refractivity contribution in [2.45, 2.75) is 38.5 Å². The second-order valence-electron chi connectivity index (χ2n) is 6.04. The van der Waals surface area contributed by atoms with Crippen LogP contribution in [0.15, 0.2) is 23.2 Å². The Labute approximate surface area is 146 Å². The zero-order chi connectivity index (χ0) is 18.3. The van der Waals surface area contributed by atoms with E-state index in [9.17, 15) is 8.78 Å². The number of ether oxygens (including phenoxy) is 3. The van der Waals surface area contributed by atoms with Gasteiger partial charge in [0, 0.05) is 26.7 Å². The fourth-order valence-electron chi connectivity index (χ4n) is 2.67. The number of methoxy groups -OCH3 is 1. The molecule has 1 aliphatic rings. The van der Waals surface area contributed by atoms with Crippen molar-refractivity contribution in [2.24, 2.45) is 4.99 Å². The summed E-state index contributed by atoms with van der Waals surface area (Å²) in [6.07, 6.45) is 2.06. The van der Waals surface area contributed by atoms with E-state index in [2.05, 4.69) is 27.3 Å². The lowest BCUT2D eigenvalue weighted by Crippen LogP contribution is -2.45. The third kappa shape index (κ3) is 5.74. The number of aliphatic imine (C=N–C) groups is 1. The third-order valence-corrected chi connectivity index (χ3v) is 4.06. The van der Waals surface area contributed by atoms with Crippen LogP contribution in [-0.2, 0) is 11.3 Å². The molecule has 0 amide bonds. The largest absolute Gasteiger partial charge is 0.493 e. The SMILES string of the molecule is CN=C(NCc1ccc(OC)c(OC(F)F)c1)NCC1(C)CCCO1. The molecule has 1 aliphatic heterocycles. The Balaban J connectivity index is 1.92. The predicted octanol–water partition coefficient (Wildman–Crippen LogP) is 2.53. The van der Waals surface area contributed by atoms with Gasteiger partial charge < -0.3 is 24.8 Å². The highest BCUT2D eigenvalue weighted by Crippen LogP contribution is 2.29. The van der Waals surface area contributed by atoms with Crippen molar-refractivity contribution in [2.75, 3.05) is 27.3 Å². The lowest BCUT2D eigenvalue weighted by Gasteiger charge is -2.24. The van der Waals surface area contributed by atoms with Crippen molar-refractivity contribution in [1.82, 2.24) is 10.6 Å². The Kier molecular flexibility index (Phi) is 6.81. The van der Waals surface area contributed by atoms with Crippen LogP contribution < -0.4 is 20.1 Å². The number of nitrogens with zero attached hydrogens (tertiary/aromatic N) is 1. The Bertz CT molecular complexity index is 591. The normalized spacial score (nSPS) is 20.6. The van der Waals surface area contributed by atoms with Gasteiger partial charge in [0.2, 0.25) is 0 Å². The maximum absolute atomic E-state index is 12.5. The Hall–Kier alpha value is -2.09. The second-order valence-corrected chi connectivity index (χ2v) is 6.04. The lowest BCUT2D eigenvalue weighted by molar-refractivity contribution is -0.0512. The molecular formula is C17H25F2N3O3. The maximum atomic E-state index is 12.5. The van der Waals surface area contributed by atoms with Gasteiger partial charge in [-0.3, -0.25) is 4.99 Å². The quantitative estimate of drug-likeness (QED) is 0.580. The predicted molar refractivity (Wildman–Crippen MR) is 91.4 cm³/mol. The molecule has 2 N–H and O–H groups in total. The molecule has 1 unspecified atom stereocenters. The molecule has 0 radical (unpaired) electrons. The van der Waals surface area contributed by atoms with Gasteiger partial charge in [-0.15, -0.1) is 0 Å². The fourth-order valence-corrected chi connectivity index (χ4v) is 2.67. The molecule has 1 aromatic rings. The molecule has 0 bridgehead atoms. The van der Waals surface area contributed by atoms with Crippen molar-refractivity contribution in [3.05, 3.63) is 23.8 Å². The van der Waals surface area contributed by atoms with Gasteiger partial charge in [0.05, 0.1) is 12.7 Å². The Morgan fingerprint density at radius 2 is 2.16 bits per heavy atom. The summed E-state index contributed by atoms with van der Waals surface area (Å²) in [6.45, 7) is 0.995. The van der Waals surface area contributed by atoms with Crippen LogP contribution >= 0.6 is 0 Å². The van der Waals surface area contributed by atoms with Gasteiger partial charge in [0.25, 0.3) is 0 Å². The first-order valence-electron chi connectivity index (χ1n) is 8.16. The monoisotopic (exact) mass is 357 g/mol. The fraction of sp³-hybridized carbons (Fsp3) is 0.588. The number of halogens is 2. The molecule has 6 nitrogen and oxygen atoms in total. The van der Waals surface area contributed by atoms with Crippen molar-refractivity contribution >= 4 is 5.96 Å². The van der Waals surface area contributed by atoms with Gasteiger partial charge in [-0.2, -0.15) is 8.78 Å². The molecule has 1 aromatic carbocycles. The van der Waals surface area contributed by atoms with Crippen LogP contribution in [0.5, 0.6) is 11.5 Å². The van der Waals surface area contributed by atoms with Gasteiger partial charge in [0.1, 0.15) is 0 Å². The molecule has 0 saturated carbocycles. The highest BCUT2D eigenvalue weighted by molar-refractivity contribution is 5.79. The molecule has 1 fully saturated rings.